The van der Waals surface area contributed by atoms with Gasteiger partial charge < -0.3 is 14.8 Å². The number of carbonyl (C=O) groups is 1. The van der Waals surface area contributed by atoms with Gasteiger partial charge in [-0.3, -0.25) is 0 Å². The number of esters is 1. The number of ether oxygens (including phenoxy) is 2. The molecule has 0 unspecified atom stereocenters. The zero-order valence-corrected chi connectivity index (χ0v) is 11.9. The van der Waals surface area contributed by atoms with Gasteiger partial charge in [-0.05, 0) is 57.1 Å². The molecule has 0 bridgehead atoms. The van der Waals surface area contributed by atoms with Crippen LogP contribution in [0, 0.1) is 0 Å². The van der Waals surface area contributed by atoms with Crippen LogP contribution in [-0.4, -0.2) is 31.8 Å². The highest BCUT2D eigenvalue weighted by Gasteiger charge is 2.14. The molecule has 1 saturated heterocycles. The highest BCUT2D eigenvalue weighted by atomic mass is 35.5. The first-order valence-electron chi connectivity index (χ1n) is 6.44. The number of benzene rings is 1. The van der Waals surface area contributed by atoms with Crippen LogP contribution in [0.1, 0.15) is 30.1 Å². The van der Waals surface area contributed by atoms with Crippen molar-refractivity contribution in [3.8, 4) is 5.75 Å². The number of halogens is 1. The first-order chi connectivity index (χ1) is 8.79. The Labute approximate surface area is 119 Å². The van der Waals surface area contributed by atoms with Gasteiger partial charge in [-0.15, -0.1) is 12.4 Å². The largest absolute Gasteiger partial charge is 0.490 e. The Kier molecular flexibility index (Phi) is 6.67. The highest BCUT2D eigenvalue weighted by molar-refractivity contribution is 5.89. The molecule has 5 heteroatoms. The van der Waals surface area contributed by atoms with Crippen LogP contribution >= 0.6 is 12.4 Å². The van der Waals surface area contributed by atoms with E-state index in [-0.39, 0.29) is 24.5 Å². The van der Waals surface area contributed by atoms with Crippen LogP contribution in [-0.2, 0) is 4.74 Å². The van der Waals surface area contributed by atoms with Crippen molar-refractivity contribution < 1.29 is 14.3 Å². The Bertz CT molecular complexity index is 388. The maximum absolute atomic E-state index is 11.5. The van der Waals surface area contributed by atoms with E-state index in [1.165, 1.54) is 0 Å². The zero-order valence-electron chi connectivity index (χ0n) is 11.1. The second kappa shape index (κ2) is 8.02. The van der Waals surface area contributed by atoms with Gasteiger partial charge in [0.1, 0.15) is 11.9 Å². The standard InChI is InChI=1S/C14H19NO3.ClH/c1-2-17-14(16)11-3-5-12(6-4-11)18-13-7-9-15-10-8-13;/h3-6,13,15H,2,7-10H2,1H3;1H. The summed E-state index contributed by atoms with van der Waals surface area (Å²) in [7, 11) is 0. The minimum absolute atomic E-state index is 0. The molecule has 2 rings (SSSR count). The maximum atomic E-state index is 11.5. The summed E-state index contributed by atoms with van der Waals surface area (Å²) in [4.78, 5) is 11.5. The Morgan fingerprint density at radius 1 is 1.26 bits per heavy atom. The minimum atomic E-state index is -0.286. The fraction of sp³-hybridized carbons (Fsp3) is 0.500. The molecular weight excluding hydrogens is 266 g/mol. The average molecular weight is 286 g/mol. The monoisotopic (exact) mass is 285 g/mol. The molecular formula is C14H20ClNO3. The fourth-order valence-corrected chi connectivity index (χ4v) is 1.99. The van der Waals surface area contributed by atoms with Crippen molar-refractivity contribution in [2.24, 2.45) is 0 Å². The van der Waals surface area contributed by atoms with E-state index in [9.17, 15) is 4.79 Å². The summed E-state index contributed by atoms with van der Waals surface area (Å²) in [6.45, 7) is 4.20. The number of piperidine rings is 1. The fourth-order valence-electron chi connectivity index (χ4n) is 1.99. The highest BCUT2D eigenvalue weighted by Crippen LogP contribution is 2.17. The number of carbonyl (C=O) groups excluding carboxylic acids is 1. The summed E-state index contributed by atoms with van der Waals surface area (Å²) >= 11 is 0. The van der Waals surface area contributed by atoms with E-state index in [1.807, 2.05) is 12.1 Å². The molecule has 0 spiro atoms. The molecule has 0 aliphatic carbocycles. The number of hydrogen-bond donors (Lipinski definition) is 1. The average Bonchev–Trinajstić information content (AvgIpc) is 2.41. The second-order valence-corrected chi connectivity index (χ2v) is 4.31. The third-order valence-corrected chi connectivity index (χ3v) is 2.95. The van der Waals surface area contributed by atoms with Crippen LogP contribution in [0.25, 0.3) is 0 Å². The zero-order chi connectivity index (χ0) is 12.8. The van der Waals surface area contributed by atoms with Crippen LogP contribution in [0.15, 0.2) is 24.3 Å². The van der Waals surface area contributed by atoms with Crippen molar-refractivity contribution in [2.45, 2.75) is 25.9 Å². The van der Waals surface area contributed by atoms with Crippen LogP contribution < -0.4 is 10.1 Å². The van der Waals surface area contributed by atoms with Crippen LogP contribution in [0.2, 0.25) is 0 Å². The van der Waals surface area contributed by atoms with Gasteiger partial charge in [0, 0.05) is 0 Å². The second-order valence-electron chi connectivity index (χ2n) is 4.31. The van der Waals surface area contributed by atoms with Gasteiger partial charge >= 0.3 is 5.97 Å². The summed E-state index contributed by atoms with van der Waals surface area (Å²) in [5.41, 5.74) is 0.564. The molecule has 1 aromatic carbocycles. The molecule has 1 aromatic rings. The lowest BCUT2D eigenvalue weighted by molar-refractivity contribution is 0.0526. The van der Waals surface area contributed by atoms with E-state index >= 15 is 0 Å². The third kappa shape index (κ3) is 4.73. The molecule has 1 N–H and O–H groups in total. The Morgan fingerprint density at radius 2 is 1.89 bits per heavy atom. The van der Waals surface area contributed by atoms with Crippen molar-refractivity contribution in [3.05, 3.63) is 29.8 Å². The van der Waals surface area contributed by atoms with Crippen LogP contribution in [0.3, 0.4) is 0 Å². The first kappa shape index (κ1) is 15.8. The van der Waals surface area contributed by atoms with Crippen molar-refractivity contribution in [3.63, 3.8) is 0 Å². The lowest BCUT2D eigenvalue weighted by Gasteiger charge is -2.23. The van der Waals surface area contributed by atoms with E-state index < -0.39 is 0 Å². The summed E-state index contributed by atoms with van der Waals surface area (Å²) < 4.78 is 10.8. The molecule has 4 nitrogen and oxygen atoms in total. The maximum Gasteiger partial charge on any atom is 0.338 e. The lowest BCUT2D eigenvalue weighted by atomic mass is 10.1. The van der Waals surface area contributed by atoms with E-state index in [0.717, 1.165) is 31.7 Å². The lowest BCUT2D eigenvalue weighted by Crippen LogP contribution is -2.34. The van der Waals surface area contributed by atoms with Gasteiger partial charge in [0.25, 0.3) is 0 Å². The molecule has 0 atom stereocenters. The summed E-state index contributed by atoms with van der Waals surface area (Å²) in [5, 5.41) is 3.30. The van der Waals surface area contributed by atoms with Gasteiger partial charge in [0.05, 0.1) is 12.2 Å². The van der Waals surface area contributed by atoms with E-state index in [2.05, 4.69) is 5.32 Å². The SMILES string of the molecule is CCOC(=O)c1ccc(OC2CCNCC2)cc1.Cl. The number of rotatable bonds is 4. The molecule has 19 heavy (non-hydrogen) atoms. The summed E-state index contributed by atoms with van der Waals surface area (Å²) in [6.07, 6.45) is 2.33. The molecule has 0 saturated carbocycles. The molecule has 106 valence electrons. The van der Waals surface area contributed by atoms with E-state index in [1.54, 1.807) is 19.1 Å². The first-order valence-corrected chi connectivity index (χ1v) is 6.44. The van der Waals surface area contributed by atoms with E-state index in [0.29, 0.717) is 12.2 Å². The molecule has 1 aliphatic rings. The van der Waals surface area contributed by atoms with Gasteiger partial charge in [-0.25, -0.2) is 4.79 Å². The number of hydrogen-bond acceptors (Lipinski definition) is 4. The Hall–Kier alpha value is -1.26. The topological polar surface area (TPSA) is 47.6 Å². The molecule has 0 radical (unpaired) electrons. The molecule has 1 heterocycles. The minimum Gasteiger partial charge on any atom is -0.490 e. The Morgan fingerprint density at radius 3 is 2.47 bits per heavy atom. The smallest absolute Gasteiger partial charge is 0.338 e. The van der Waals surface area contributed by atoms with Crippen LogP contribution in [0.4, 0.5) is 0 Å². The predicted octanol–water partition coefficient (Wildman–Crippen LogP) is 2.42. The Balaban J connectivity index is 0.00000180. The van der Waals surface area contributed by atoms with Crippen molar-refractivity contribution in [1.29, 1.82) is 0 Å². The quantitative estimate of drug-likeness (QED) is 0.863. The summed E-state index contributed by atoms with van der Waals surface area (Å²) in [5.74, 6) is 0.529. The normalized spacial score (nSPS) is 15.4. The predicted molar refractivity (Wildman–Crippen MR) is 76.2 cm³/mol. The third-order valence-electron chi connectivity index (χ3n) is 2.95. The van der Waals surface area contributed by atoms with Crippen molar-refractivity contribution in [1.82, 2.24) is 5.32 Å². The molecule has 0 amide bonds. The molecule has 1 aliphatic heterocycles. The molecule has 0 aromatic heterocycles. The van der Waals surface area contributed by atoms with Gasteiger partial charge in [-0.2, -0.15) is 0 Å². The summed E-state index contributed by atoms with van der Waals surface area (Å²) in [6, 6.07) is 7.14. The van der Waals surface area contributed by atoms with E-state index in [4.69, 9.17) is 9.47 Å². The van der Waals surface area contributed by atoms with Crippen molar-refractivity contribution >= 4 is 18.4 Å². The van der Waals surface area contributed by atoms with Gasteiger partial charge in [0.15, 0.2) is 0 Å². The van der Waals surface area contributed by atoms with Gasteiger partial charge in [-0.1, -0.05) is 0 Å². The van der Waals surface area contributed by atoms with Crippen molar-refractivity contribution in [2.75, 3.05) is 19.7 Å². The van der Waals surface area contributed by atoms with Crippen LogP contribution in [0.5, 0.6) is 5.75 Å². The molecule has 1 fully saturated rings. The number of nitrogens with one attached hydrogen (secondary N) is 1. The van der Waals surface area contributed by atoms with Gasteiger partial charge in [0.2, 0.25) is 0 Å².